The average Bonchev–Trinajstić information content (AvgIpc) is 3.15. The summed E-state index contributed by atoms with van der Waals surface area (Å²) in [6.07, 6.45) is -1.48. The molecule has 0 saturated carbocycles. The summed E-state index contributed by atoms with van der Waals surface area (Å²) in [5.74, 6) is -2.08. The second-order valence-corrected chi connectivity index (χ2v) is 9.20. The summed E-state index contributed by atoms with van der Waals surface area (Å²) in [7, 11) is 1.70. The lowest BCUT2D eigenvalue weighted by Crippen LogP contribution is -2.38. The third-order valence-electron chi connectivity index (χ3n) is 6.30. The highest BCUT2D eigenvalue weighted by molar-refractivity contribution is 5.96. The van der Waals surface area contributed by atoms with Crippen LogP contribution in [0.4, 0.5) is 22.0 Å². The Hall–Kier alpha value is -4.21. The zero-order chi connectivity index (χ0) is 27.8. The lowest BCUT2D eigenvalue weighted by Gasteiger charge is -2.23. The van der Waals surface area contributed by atoms with E-state index in [1.165, 1.54) is 37.3 Å². The number of amides is 1. The summed E-state index contributed by atoms with van der Waals surface area (Å²) < 4.78 is 72.6. The zero-order valence-corrected chi connectivity index (χ0v) is 20.8. The van der Waals surface area contributed by atoms with Crippen molar-refractivity contribution in [3.63, 3.8) is 0 Å². The molecular weight excluding hydrogens is 503 g/mol. The molecular formula is C28H25F5N4O. The molecule has 1 amide bonds. The van der Waals surface area contributed by atoms with Gasteiger partial charge in [0, 0.05) is 25.0 Å². The van der Waals surface area contributed by atoms with E-state index in [0.717, 1.165) is 18.2 Å². The van der Waals surface area contributed by atoms with Gasteiger partial charge >= 0.3 is 6.18 Å². The van der Waals surface area contributed by atoms with E-state index in [9.17, 15) is 26.7 Å². The smallest absolute Gasteiger partial charge is 0.337 e. The van der Waals surface area contributed by atoms with Crippen molar-refractivity contribution in [2.45, 2.75) is 32.6 Å². The van der Waals surface area contributed by atoms with Gasteiger partial charge < -0.3 is 14.5 Å². The third-order valence-corrected chi connectivity index (χ3v) is 6.30. The minimum atomic E-state index is -4.84. The molecule has 0 aliphatic carbocycles. The first-order valence-corrected chi connectivity index (χ1v) is 11.6. The van der Waals surface area contributed by atoms with Crippen LogP contribution < -0.4 is 10.9 Å². The number of aromatic nitrogens is 2. The van der Waals surface area contributed by atoms with Crippen LogP contribution >= 0.6 is 0 Å². The Morgan fingerprint density at radius 1 is 0.974 bits per heavy atom. The summed E-state index contributed by atoms with van der Waals surface area (Å²) in [5, 5.41) is 10.2. The summed E-state index contributed by atoms with van der Waals surface area (Å²) in [6.45, 7) is 3.21. The molecule has 10 heteroatoms. The fraction of sp³-hybridized carbons (Fsp3) is 0.214. The lowest BCUT2D eigenvalue weighted by molar-refractivity contribution is -0.155. The largest absolute Gasteiger partial charge is 0.412 e. The van der Waals surface area contributed by atoms with Crippen LogP contribution in [-0.2, 0) is 13.6 Å². The Kier molecular flexibility index (Phi) is 7.26. The van der Waals surface area contributed by atoms with E-state index in [1.54, 1.807) is 41.6 Å². The molecule has 0 radical (unpaired) electrons. The molecule has 0 aliphatic rings. The first kappa shape index (κ1) is 26.8. The van der Waals surface area contributed by atoms with Gasteiger partial charge in [-0.25, -0.2) is 8.78 Å². The minimum Gasteiger partial charge on any atom is -0.337 e. The molecule has 1 heterocycles. The Bertz CT molecular complexity index is 1570. The van der Waals surface area contributed by atoms with Crippen molar-refractivity contribution in [1.82, 2.24) is 14.5 Å². The van der Waals surface area contributed by atoms with Crippen molar-refractivity contribution in [2.24, 2.45) is 7.05 Å². The molecule has 1 aromatic heterocycles. The summed E-state index contributed by atoms with van der Waals surface area (Å²) in [5.41, 5.74) is 2.12. The van der Waals surface area contributed by atoms with Gasteiger partial charge in [0.25, 0.3) is 5.91 Å². The van der Waals surface area contributed by atoms with E-state index in [4.69, 9.17) is 5.41 Å². The van der Waals surface area contributed by atoms with E-state index in [0.29, 0.717) is 22.3 Å². The number of nitrogens with one attached hydrogen (secondary N) is 2. The number of hydrogen-bond donors (Lipinski definition) is 2. The number of imidazole rings is 1. The van der Waals surface area contributed by atoms with Crippen molar-refractivity contribution in [3.05, 3.63) is 112 Å². The van der Waals surface area contributed by atoms with E-state index in [1.807, 2.05) is 0 Å². The maximum Gasteiger partial charge on any atom is 0.412 e. The highest BCUT2D eigenvalue weighted by Crippen LogP contribution is 2.34. The molecule has 1 unspecified atom stereocenters. The Morgan fingerprint density at radius 3 is 2.32 bits per heavy atom. The highest BCUT2D eigenvalue weighted by Gasteiger charge is 2.42. The van der Waals surface area contributed by atoms with Crippen molar-refractivity contribution < 1.29 is 26.7 Å². The van der Waals surface area contributed by atoms with Gasteiger partial charge in [-0.3, -0.25) is 10.2 Å². The zero-order valence-electron chi connectivity index (χ0n) is 20.8. The van der Waals surface area contributed by atoms with Crippen LogP contribution in [0, 0.1) is 30.9 Å². The van der Waals surface area contributed by atoms with Crippen LogP contribution in [0.1, 0.15) is 38.7 Å². The molecule has 5 nitrogen and oxygen atoms in total. The number of carbonyl (C=O) groups excluding carboxylic acids is 1. The normalized spacial score (nSPS) is 12.4. The molecule has 1 atom stereocenters. The predicted octanol–water partition coefficient (Wildman–Crippen LogP) is 5.95. The number of rotatable bonds is 6. The van der Waals surface area contributed by atoms with Gasteiger partial charge in [-0.15, -0.1) is 0 Å². The number of alkyl halides is 3. The van der Waals surface area contributed by atoms with E-state index < -0.39 is 29.8 Å². The van der Waals surface area contributed by atoms with E-state index in [2.05, 4.69) is 5.32 Å². The molecule has 0 spiro atoms. The number of nitrogens with zero attached hydrogens (tertiary/aromatic N) is 2. The second kappa shape index (κ2) is 10.3. The fourth-order valence-electron chi connectivity index (χ4n) is 4.29. The van der Waals surface area contributed by atoms with Gasteiger partial charge in [0.15, 0.2) is 6.04 Å². The Labute approximate surface area is 215 Å². The Balaban J connectivity index is 1.77. The minimum absolute atomic E-state index is 0.0214. The summed E-state index contributed by atoms with van der Waals surface area (Å²) in [6, 6.07) is 9.40. The SMILES string of the molecule is Cc1cc(C(NC(=O)c2cc(Cn3ccn(C)c3=N)cc(-c3ccc(F)cc3C)c2)C(F)(F)F)ccc1F. The van der Waals surface area contributed by atoms with Gasteiger partial charge in [-0.1, -0.05) is 18.2 Å². The molecule has 198 valence electrons. The third kappa shape index (κ3) is 5.69. The van der Waals surface area contributed by atoms with E-state index >= 15 is 0 Å². The number of halogens is 5. The van der Waals surface area contributed by atoms with Crippen LogP contribution in [0.5, 0.6) is 0 Å². The molecule has 0 bridgehead atoms. The van der Waals surface area contributed by atoms with Crippen molar-refractivity contribution in [2.75, 3.05) is 0 Å². The van der Waals surface area contributed by atoms with Gasteiger partial charge in [0.05, 0.1) is 6.54 Å². The summed E-state index contributed by atoms with van der Waals surface area (Å²) >= 11 is 0. The number of aryl methyl sites for hydroxylation is 3. The van der Waals surface area contributed by atoms with Gasteiger partial charge in [0.2, 0.25) is 5.62 Å². The van der Waals surface area contributed by atoms with Crippen LogP contribution in [0.25, 0.3) is 11.1 Å². The predicted molar refractivity (Wildman–Crippen MR) is 132 cm³/mol. The first-order valence-electron chi connectivity index (χ1n) is 11.6. The molecule has 0 saturated heterocycles. The molecule has 3 aromatic carbocycles. The summed E-state index contributed by atoms with van der Waals surface area (Å²) in [4.78, 5) is 13.2. The van der Waals surface area contributed by atoms with Crippen molar-refractivity contribution in [3.8, 4) is 11.1 Å². The van der Waals surface area contributed by atoms with Gasteiger partial charge in [0.1, 0.15) is 11.6 Å². The van der Waals surface area contributed by atoms with Gasteiger partial charge in [-0.2, -0.15) is 13.2 Å². The highest BCUT2D eigenvalue weighted by atomic mass is 19.4. The molecule has 0 aliphatic heterocycles. The van der Waals surface area contributed by atoms with Crippen LogP contribution in [0.2, 0.25) is 0 Å². The van der Waals surface area contributed by atoms with Crippen molar-refractivity contribution in [1.29, 1.82) is 5.41 Å². The second-order valence-electron chi connectivity index (χ2n) is 9.20. The quantitative estimate of drug-likeness (QED) is 0.299. The Morgan fingerprint density at radius 2 is 1.71 bits per heavy atom. The monoisotopic (exact) mass is 528 g/mol. The fourth-order valence-corrected chi connectivity index (χ4v) is 4.29. The van der Waals surface area contributed by atoms with Crippen LogP contribution in [-0.4, -0.2) is 21.2 Å². The number of hydrogen-bond acceptors (Lipinski definition) is 2. The number of carbonyl (C=O) groups is 1. The molecule has 38 heavy (non-hydrogen) atoms. The first-order chi connectivity index (χ1) is 17.8. The lowest BCUT2D eigenvalue weighted by atomic mass is 9.95. The maximum absolute atomic E-state index is 14.0. The molecule has 2 N–H and O–H groups in total. The maximum atomic E-state index is 14.0. The molecule has 4 rings (SSSR count). The standard InChI is InChI=1S/C28H25F5N4O/c1-16-11-22(29)5-6-23(16)20-12-18(15-37-9-8-36(3)27(37)34)13-21(14-20)26(38)35-25(28(31,32)33)19-4-7-24(30)17(2)10-19/h4-14,25,34H,15H2,1-3H3,(H,35,38). The van der Waals surface area contributed by atoms with E-state index in [-0.39, 0.29) is 28.9 Å². The topological polar surface area (TPSA) is 62.8 Å². The van der Waals surface area contributed by atoms with Crippen LogP contribution in [0.15, 0.2) is 67.0 Å². The van der Waals surface area contributed by atoms with Crippen LogP contribution in [0.3, 0.4) is 0 Å². The van der Waals surface area contributed by atoms with Gasteiger partial charge in [-0.05, 0) is 83.6 Å². The molecule has 4 aromatic rings. The average molecular weight is 529 g/mol. The number of benzene rings is 3. The van der Waals surface area contributed by atoms with Crippen molar-refractivity contribution >= 4 is 5.91 Å². The molecule has 0 fully saturated rings.